The van der Waals surface area contributed by atoms with E-state index in [9.17, 15) is 0 Å². The highest BCUT2D eigenvalue weighted by molar-refractivity contribution is 6.30. The number of benzene rings is 1. The maximum Gasteiger partial charge on any atom is 0.119 e. The predicted octanol–water partition coefficient (Wildman–Crippen LogP) is 3.53. The van der Waals surface area contributed by atoms with Gasteiger partial charge in [-0.25, -0.2) is 0 Å². The molecule has 0 amide bonds. The van der Waals surface area contributed by atoms with Crippen LogP contribution in [0.4, 0.5) is 0 Å². The van der Waals surface area contributed by atoms with Crippen LogP contribution in [-0.2, 0) is 13.0 Å². The van der Waals surface area contributed by atoms with Gasteiger partial charge in [0, 0.05) is 29.4 Å². The number of rotatable bonds is 6. The molecule has 0 aliphatic carbocycles. The first-order chi connectivity index (χ1) is 9.15. The topological polar surface area (TPSA) is 40.2 Å². The Kier molecular flexibility index (Phi) is 6.93. The van der Waals surface area contributed by atoms with Crippen molar-refractivity contribution in [2.75, 3.05) is 6.61 Å². The Morgan fingerprint density at radius 1 is 1.25 bits per heavy atom. The third-order valence-corrected chi connectivity index (χ3v) is 3.12. The van der Waals surface area contributed by atoms with Crippen LogP contribution in [-0.4, -0.2) is 17.2 Å². The van der Waals surface area contributed by atoms with Gasteiger partial charge in [0.2, 0.25) is 0 Å². The fraction of sp³-hybridized carbons (Fsp3) is 0.333. The van der Waals surface area contributed by atoms with Crippen LogP contribution in [0.5, 0.6) is 5.75 Å². The lowest BCUT2D eigenvalue weighted by Crippen LogP contribution is -2.20. The summed E-state index contributed by atoms with van der Waals surface area (Å²) >= 11 is 5.82. The average Bonchev–Trinajstić information content (AvgIpc) is 2.78. The summed E-state index contributed by atoms with van der Waals surface area (Å²) in [6.07, 6.45) is 2.94. The quantitative estimate of drug-likeness (QED) is 0.886. The first kappa shape index (κ1) is 16.9. The van der Waals surface area contributed by atoms with Crippen molar-refractivity contribution in [2.45, 2.75) is 25.9 Å². The van der Waals surface area contributed by atoms with E-state index in [1.165, 1.54) is 5.69 Å². The van der Waals surface area contributed by atoms with Gasteiger partial charge in [0.25, 0.3) is 0 Å². The Hall–Kier alpha value is -1.16. The first-order valence-electron chi connectivity index (χ1n) is 6.43. The third-order valence-electron chi connectivity index (χ3n) is 2.87. The highest BCUT2D eigenvalue weighted by Crippen LogP contribution is 2.15. The Labute approximate surface area is 131 Å². The number of aromatic nitrogens is 1. The molecule has 0 bridgehead atoms. The van der Waals surface area contributed by atoms with Gasteiger partial charge in [0.15, 0.2) is 0 Å². The third kappa shape index (κ3) is 5.08. The molecule has 0 saturated carbocycles. The Balaban J connectivity index is 0.00000200. The minimum atomic E-state index is 0. The second-order valence-electron chi connectivity index (χ2n) is 4.68. The molecule has 5 heteroatoms. The maximum absolute atomic E-state index is 5.83. The maximum atomic E-state index is 5.83. The largest absolute Gasteiger partial charge is 0.492 e. The molecule has 0 radical (unpaired) electrons. The van der Waals surface area contributed by atoms with Gasteiger partial charge in [-0.2, -0.15) is 0 Å². The highest BCUT2D eigenvalue weighted by atomic mass is 35.5. The number of ether oxygens (including phenoxy) is 1. The molecule has 0 saturated heterocycles. The number of hydrogen-bond donors (Lipinski definition) is 1. The van der Waals surface area contributed by atoms with Crippen molar-refractivity contribution in [1.82, 2.24) is 4.57 Å². The Morgan fingerprint density at radius 3 is 2.60 bits per heavy atom. The molecule has 20 heavy (non-hydrogen) atoms. The van der Waals surface area contributed by atoms with E-state index < -0.39 is 0 Å². The summed E-state index contributed by atoms with van der Waals surface area (Å²) in [5.41, 5.74) is 7.07. The normalized spacial score (nSPS) is 11.8. The highest BCUT2D eigenvalue weighted by Gasteiger charge is 2.03. The first-order valence-corrected chi connectivity index (χ1v) is 6.81. The van der Waals surface area contributed by atoms with E-state index in [0.717, 1.165) is 23.7 Å². The summed E-state index contributed by atoms with van der Waals surface area (Å²) in [6.45, 7) is 3.46. The van der Waals surface area contributed by atoms with Gasteiger partial charge in [-0.05, 0) is 43.3 Å². The van der Waals surface area contributed by atoms with Crippen LogP contribution in [0.25, 0.3) is 0 Å². The lowest BCUT2D eigenvalue weighted by Gasteiger charge is -2.12. The van der Waals surface area contributed by atoms with E-state index in [-0.39, 0.29) is 18.4 Å². The average molecular weight is 315 g/mol. The lowest BCUT2D eigenvalue weighted by molar-refractivity contribution is 0.296. The van der Waals surface area contributed by atoms with E-state index in [2.05, 4.69) is 16.8 Å². The van der Waals surface area contributed by atoms with Crippen LogP contribution < -0.4 is 10.5 Å². The second kappa shape index (κ2) is 8.20. The number of nitrogens with zero attached hydrogens (tertiary/aromatic N) is 1. The van der Waals surface area contributed by atoms with Crippen molar-refractivity contribution in [1.29, 1.82) is 0 Å². The molecule has 0 aliphatic heterocycles. The molecule has 1 aromatic carbocycles. The van der Waals surface area contributed by atoms with Gasteiger partial charge in [-0.15, -0.1) is 12.4 Å². The molecule has 110 valence electrons. The molecular formula is C15H20Cl2N2O. The molecular weight excluding hydrogens is 295 g/mol. The van der Waals surface area contributed by atoms with Crippen molar-refractivity contribution in [3.63, 3.8) is 0 Å². The Morgan fingerprint density at radius 2 is 1.95 bits per heavy atom. The van der Waals surface area contributed by atoms with Crippen LogP contribution >= 0.6 is 24.0 Å². The number of hydrogen-bond acceptors (Lipinski definition) is 2. The zero-order chi connectivity index (χ0) is 13.7. The second-order valence-corrected chi connectivity index (χ2v) is 5.11. The molecule has 0 spiro atoms. The van der Waals surface area contributed by atoms with Gasteiger partial charge in [-0.1, -0.05) is 11.6 Å². The smallest absolute Gasteiger partial charge is 0.119 e. The van der Waals surface area contributed by atoms with Gasteiger partial charge >= 0.3 is 0 Å². The minimum absolute atomic E-state index is 0. The molecule has 2 N–H and O–H groups in total. The zero-order valence-corrected chi connectivity index (χ0v) is 13.0. The molecule has 1 heterocycles. The zero-order valence-electron chi connectivity index (χ0n) is 11.5. The van der Waals surface area contributed by atoms with Crippen LogP contribution in [0.3, 0.4) is 0 Å². The lowest BCUT2D eigenvalue weighted by atomic mass is 10.2. The van der Waals surface area contributed by atoms with Gasteiger partial charge in [0.1, 0.15) is 12.4 Å². The van der Waals surface area contributed by atoms with Crippen molar-refractivity contribution in [3.05, 3.63) is 53.3 Å². The molecule has 1 atom stereocenters. The van der Waals surface area contributed by atoms with Gasteiger partial charge < -0.3 is 15.0 Å². The van der Waals surface area contributed by atoms with E-state index >= 15 is 0 Å². The summed E-state index contributed by atoms with van der Waals surface area (Å²) in [5, 5.41) is 0.719. The van der Waals surface area contributed by atoms with E-state index in [4.69, 9.17) is 22.1 Å². The van der Waals surface area contributed by atoms with Gasteiger partial charge in [-0.3, -0.25) is 0 Å². The standard InChI is InChI=1S/C15H19ClN2O.ClH/c1-12(17)11-14-3-2-8-18(14)9-10-19-15-6-4-13(16)5-7-15;/h2-8,12H,9-11,17H2,1H3;1H. The van der Waals surface area contributed by atoms with Crippen LogP contribution in [0.2, 0.25) is 5.02 Å². The fourth-order valence-electron chi connectivity index (χ4n) is 1.98. The SMILES string of the molecule is CC(N)Cc1cccn1CCOc1ccc(Cl)cc1.Cl. The van der Waals surface area contributed by atoms with Crippen LogP contribution in [0.15, 0.2) is 42.6 Å². The molecule has 1 unspecified atom stereocenters. The fourth-order valence-corrected chi connectivity index (χ4v) is 2.10. The molecule has 1 aromatic heterocycles. The van der Waals surface area contributed by atoms with E-state index in [1.54, 1.807) is 0 Å². The minimum Gasteiger partial charge on any atom is -0.492 e. The molecule has 2 aromatic rings. The van der Waals surface area contributed by atoms with Crippen molar-refractivity contribution < 1.29 is 4.74 Å². The molecule has 2 rings (SSSR count). The molecule has 0 fully saturated rings. The summed E-state index contributed by atoms with van der Waals surface area (Å²) in [7, 11) is 0. The van der Waals surface area contributed by atoms with Crippen LogP contribution in [0, 0.1) is 0 Å². The molecule has 3 nitrogen and oxygen atoms in total. The van der Waals surface area contributed by atoms with Crippen molar-refractivity contribution in [2.24, 2.45) is 5.73 Å². The monoisotopic (exact) mass is 314 g/mol. The summed E-state index contributed by atoms with van der Waals surface area (Å²) in [6, 6.07) is 11.7. The van der Waals surface area contributed by atoms with Crippen molar-refractivity contribution >= 4 is 24.0 Å². The summed E-state index contributed by atoms with van der Waals surface area (Å²) in [4.78, 5) is 0. The van der Waals surface area contributed by atoms with Crippen molar-refractivity contribution in [3.8, 4) is 5.75 Å². The Bertz CT molecular complexity index is 509. The summed E-state index contributed by atoms with van der Waals surface area (Å²) < 4.78 is 7.86. The number of nitrogens with two attached hydrogens (primary N) is 1. The van der Waals surface area contributed by atoms with Gasteiger partial charge in [0.05, 0.1) is 6.54 Å². The van der Waals surface area contributed by atoms with E-state index in [0.29, 0.717) is 6.61 Å². The van der Waals surface area contributed by atoms with E-state index in [1.807, 2.05) is 37.3 Å². The van der Waals surface area contributed by atoms with Crippen LogP contribution in [0.1, 0.15) is 12.6 Å². The molecule has 0 aliphatic rings. The summed E-state index contributed by atoms with van der Waals surface area (Å²) in [5.74, 6) is 0.838. The number of halogens is 2. The predicted molar refractivity (Wildman–Crippen MR) is 86.0 cm³/mol.